The Kier molecular flexibility index (Phi) is 19.0. The third-order valence-corrected chi connectivity index (χ3v) is 5.40. The summed E-state index contributed by atoms with van der Waals surface area (Å²) >= 11 is 1.15. The molecule has 0 spiro atoms. The van der Waals surface area contributed by atoms with Gasteiger partial charge in [0.15, 0.2) is 0 Å². The summed E-state index contributed by atoms with van der Waals surface area (Å²) in [6.07, 6.45) is -1.63. The van der Waals surface area contributed by atoms with Crippen LogP contribution in [0.2, 0.25) is 0 Å². The number of carbonyl (C=O) groups excluding carboxylic acids is 5. The van der Waals surface area contributed by atoms with Crippen LogP contribution in [0.5, 0.6) is 0 Å². The van der Waals surface area contributed by atoms with Crippen molar-refractivity contribution in [2.75, 3.05) is 46.2 Å². The average Bonchev–Trinajstić information content (AvgIpc) is 2.83. The van der Waals surface area contributed by atoms with Gasteiger partial charge in [-0.3, -0.25) is 28.8 Å². The molecule has 0 fully saturated rings. The number of esters is 3. The second-order valence-corrected chi connectivity index (χ2v) is 8.73. The van der Waals surface area contributed by atoms with Gasteiger partial charge >= 0.3 is 17.9 Å². The fourth-order valence-corrected chi connectivity index (χ4v) is 3.20. The van der Waals surface area contributed by atoms with E-state index in [1.54, 1.807) is 13.8 Å². The van der Waals surface area contributed by atoms with Gasteiger partial charge in [0, 0.05) is 30.7 Å². The number of methoxy groups -OCH3 is 2. The number of amides is 2. The van der Waals surface area contributed by atoms with E-state index in [0.29, 0.717) is 5.75 Å². The van der Waals surface area contributed by atoms with E-state index in [1.807, 2.05) is 0 Å². The Bertz CT molecular complexity index is 704. The summed E-state index contributed by atoms with van der Waals surface area (Å²) in [4.78, 5) is 66.5. The number of ether oxygens (including phenoxy) is 3. The zero-order valence-corrected chi connectivity index (χ0v) is 21.1. The quantitative estimate of drug-likeness (QED) is 0.0679. The first kappa shape index (κ1) is 34.3. The van der Waals surface area contributed by atoms with E-state index in [9.17, 15) is 29.1 Å². The molecule has 0 aliphatic rings. The molecule has 0 saturated heterocycles. The number of hydrogen-bond donors (Lipinski definition) is 5. The SMILES string of the molecule is COC(=O)CC(SCCNC(=O)CCNC(=O)[C@H](O)C(C)(C)COC(=O)CN)C(=O)OC.O=CO. The van der Waals surface area contributed by atoms with Crippen molar-refractivity contribution in [2.24, 2.45) is 11.1 Å². The average molecular weight is 526 g/mol. The molecule has 6 N–H and O–H groups in total. The van der Waals surface area contributed by atoms with Crippen LogP contribution < -0.4 is 16.4 Å². The van der Waals surface area contributed by atoms with Gasteiger partial charge in [0.25, 0.3) is 6.47 Å². The summed E-state index contributed by atoms with van der Waals surface area (Å²) in [5, 5.41) is 21.4. The Hall–Kier alpha value is -2.91. The molecule has 14 nitrogen and oxygen atoms in total. The van der Waals surface area contributed by atoms with Crippen LogP contribution in [0.4, 0.5) is 0 Å². The summed E-state index contributed by atoms with van der Waals surface area (Å²) in [5.74, 6) is -2.46. The van der Waals surface area contributed by atoms with Gasteiger partial charge in [0.2, 0.25) is 11.8 Å². The van der Waals surface area contributed by atoms with Crippen molar-refractivity contribution in [3.8, 4) is 0 Å². The summed E-state index contributed by atoms with van der Waals surface area (Å²) < 4.78 is 14.0. The topological polar surface area (TPSA) is 221 Å². The van der Waals surface area contributed by atoms with E-state index in [1.165, 1.54) is 14.2 Å². The van der Waals surface area contributed by atoms with Crippen LogP contribution in [0.1, 0.15) is 26.7 Å². The molecule has 0 aliphatic carbocycles. The standard InChI is InChI=1S/C19H33N3O9S.CH2O2/c1-19(2,11-31-15(25)10-20)16(26)17(27)22-6-5-13(23)21-7-8-32-12(18(28)30-4)9-14(24)29-3;2-1-3/h12,16,26H,5-11,20H2,1-4H3,(H,21,23)(H,22,27);1H,(H,2,3)/t12?,16-;/m0./s1. The molecule has 0 rings (SSSR count). The second kappa shape index (κ2) is 19.4. The largest absolute Gasteiger partial charge is 0.483 e. The highest BCUT2D eigenvalue weighted by atomic mass is 32.2. The lowest BCUT2D eigenvalue weighted by molar-refractivity contribution is -0.152. The molecule has 2 atom stereocenters. The number of nitrogens with one attached hydrogen (secondary N) is 2. The third kappa shape index (κ3) is 16.4. The molecule has 0 saturated carbocycles. The second-order valence-electron chi connectivity index (χ2n) is 7.42. The lowest BCUT2D eigenvalue weighted by Gasteiger charge is -2.28. The molecule has 0 bridgehead atoms. The Balaban J connectivity index is 0. The molecule has 202 valence electrons. The molecule has 0 heterocycles. The maximum absolute atomic E-state index is 12.1. The van der Waals surface area contributed by atoms with Crippen molar-refractivity contribution in [2.45, 2.75) is 38.0 Å². The molecule has 35 heavy (non-hydrogen) atoms. The number of carbonyl (C=O) groups is 6. The highest BCUT2D eigenvalue weighted by molar-refractivity contribution is 8.00. The van der Waals surface area contributed by atoms with Crippen molar-refractivity contribution < 1.29 is 53.2 Å². The summed E-state index contributed by atoms with van der Waals surface area (Å²) in [6, 6.07) is 0. The first-order valence-corrected chi connectivity index (χ1v) is 11.4. The molecule has 1 unspecified atom stereocenters. The fraction of sp³-hybridized carbons (Fsp3) is 0.700. The first-order valence-electron chi connectivity index (χ1n) is 10.3. The van der Waals surface area contributed by atoms with Crippen LogP contribution in [0, 0.1) is 5.41 Å². The van der Waals surface area contributed by atoms with E-state index in [-0.39, 0.29) is 51.5 Å². The lowest BCUT2D eigenvalue weighted by Crippen LogP contribution is -2.47. The van der Waals surface area contributed by atoms with Crippen molar-refractivity contribution in [3.63, 3.8) is 0 Å². The van der Waals surface area contributed by atoms with Crippen LogP contribution in [-0.2, 0) is 43.0 Å². The van der Waals surface area contributed by atoms with Gasteiger partial charge in [-0.25, -0.2) is 0 Å². The van der Waals surface area contributed by atoms with Crippen LogP contribution in [0.25, 0.3) is 0 Å². The smallest absolute Gasteiger partial charge is 0.319 e. The van der Waals surface area contributed by atoms with Crippen LogP contribution >= 0.6 is 11.8 Å². The van der Waals surface area contributed by atoms with E-state index in [2.05, 4.69) is 20.1 Å². The molecule has 0 aromatic carbocycles. The maximum Gasteiger partial charge on any atom is 0.319 e. The molecular weight excluding hydrogens is 490 g/mol. The Morgan fingerprint density at radius 3 is 2.17 bits per heavy atom. The van der Waals surface area contributed by atoms with Crippen molar-refractivity contribution in [1.82, 2.24) is 10.6 Å². The predicted molar refractivity (Wildman–Crippen MR) is 124 cm³/mol. The van der Waals surface area contributed by atoms with E-state index < -0.39 is 40.6 Å². The van der Waals surface area contributed by atoms with Crippen LogP contribution in [0.3, 0.4) is 0 Å². The molecule has 15 heteroatoms. The lowest BCUT2D eigenvalue weighted by atomic mass is 9.87. The van der Waals surface area contributed by atoms with E-state index in [0.717, 1.165) is 11.8 Å². The van der Waals surface area contributed by atoms with Gasteiger partial charge in [0.1, 0.15) is 11.4 Å². The highest BCUT2D eigenvalue weighted by Crippen LogP contribution is 2.21. The van der Waals surface area contributed by atoms with Gasteiger partial charge in [0.05, 0.1) is 33.8 Å². The van der Waals surface area contributed by atoms with Crippen molar-refractivity contribution in [3.05, 3.63) is 0 Å². The molecule has 0 aromatic heterocycles. The van der Waals surface area contributed by atoms with E-state index >= 15 is 0 Å². The molecular formula is C20H35N3O11S. The molecule has 0 aliphatic heterocycles. The third-order valence-electron chi connectivity index (χ3n) is 4.20. The summed E-state index contributed by atoms with van der Waals surface area (Å²) in [5.41, 5.74) is 4.09. The first-order chi connectivity index (χ1) is 16.4. The van der Waals surface area contributed by atoms with Crippen molar-refractivity contribution in [1.29, 1.82) is 0 Å². The van der Waals surface area contributed by atoms with Gasteiger partial charge in [-0.2, -0.15) is 0 Å². The van der Waals surface area contributed by atoms with Crippen molar-refractivity contribution >= 4 is 48.0 Å². The highest BCUT2D eigenvalue weighted by Gasteiger charge is 2.34. The Labute approximate surface area is 207 Å². The minimum atomic E-state index is -1.46. The number of nitrogens with two attached hydrogens (primary N) is 1. The predicted octanol–water partition coefficient (Wildman–Crippen LogP) is -1.96. The number of aliphatic hydroxyl groups excluding tert-OH is 1. The minimum Gasteiger partial charge on any atom is -0.483 e. The minimum absolute atomic E-state index is 0.0132. The Morgan fingerprint density at radius 1 is 1.06 bits per heavy atom. The molecule has 0 radical (unpaired) electrons. The summed E-state index contributed by atoms with van der Waals surface area (Å²) in [7, 11) is 2.44. The normalized spacial score (nSPS) is 12.1. The molecule has 0 aromatic rings. The zero-order chi connectivity index (χ0) is 27.4. The van der Waals surface area contributed by atoms with Gasteiger partial charge in [-0.15, -0.1) is 11.8 Å². The monoisotopic (exact) mass is 525 g/mol. The maximum atomic E-state index is 12.1. The van der Waals surface area contributed by atoms with E-state index in [4.69, 9.17) is 20.4 Å². The van der Waals surface area contributed by atoms with Gasteiger partial charge < -0.3 is 40.8 Å². The number of rotatable bonds is 15. The number of carboxylic acid groups (broad SMARTS) is 1. The fourth-order valence-electron chi connectivity index (χ4n) is 2.21. The summed E-state index contributed by atoms with van der Waals surface area (Å²) in [6.45, 7) is 2.56. The number of thioether (sulfide) groups is 1. The van der Waals surface area contributed by atoms with Crippen LogP contribution in [0.15, 0.2) is 0 Å². The van der Waals surface area contributed by atoms with Crippen LogP contribution in [-0.4, -0.2) is 104 Å². The zero-order valence-electron chi connectivity index (χ0n) is 20.2. The molecule has 2 amide bonds. The van der Waals surface area contributed by atoms with Gasteiger partial charge in [-0.05, 0) is 0 Å². The Morgan fingerprint density at radius 2 is 1.66 bits per heavy atom. The number of hydrogen-bond acceptors (Lipinski definition) is 12. The van der Waals surface area contributed by atoms with Gasteiger partial charge in [-0.1, -0.05) is 13.8 Å². The number of aliphatic hydroxyl groups is 1.